The molecule has 1 N–H and O–H groups in total. The van der Waals surface area contributed by atoms with Gasteiger partial charge in [0.15, 0.2) is 0 Å². The minimum atomic E-state index is -0.143. The molecule has 1 aromatic heterocycles. The zero-order chi connectivity index (χ0) is 16.5. The molecule has 3 aliphatic rings. The van der Waals surface area contributed by atoms with E-state index in [4.69, 9.17) is 0 Å². The fraction of sp³-hybridized carbons (Fsp3) is 0.500. The minimum absolute atomic E-state index is 0.143. The van der Waals surface area contributed by atoms with Gasteiger partial charge in [-0.05, 0) is 48.3 Å². The Morgan fingerprint density at radius 2 is 2.17 bits per heavy atom. The zero-order valence-corrected chi connectivity index (χ0v) is 15.1. The summed E-state index contributed by atoms with van der Waals surface area (Å²) in [7, 11) is 0. The first-order chi connectivity index (χ1) is 11.7. The maximum atomic E-state index is 4.55. The van der Waals surface area contributed by atoms with Gasteiger partial charge >= 0.3 is 0 Å². The number of allylic oxidation sites excluding steroid dienone is 1. The highest BCUT2D eigenvalue weighted by atomic mass is 79.9. The molecule has 0 saturated carbocycles. The lowest BCUT2D eigenvalue weighted by Gasteiger charge is -2.38. The SMILES string of the molecule is CC1=NC2N=CNN2C(C2CCCN(Cc3ncc(Br)cn3)C2)=C1. The molecule has 4 rings (SSSR count). The van der Waals surface area contributed by atoms with E-state index in [1.54, 1.807) is 6.34 Å². The molecular weight excluding hydrogens is 370 g/mol. The van der Waals surface area contributed by atoms with Crippen molar-refractivity contribution in [2.45, 2.75) is 32.6 Å². The van der Waals surface area contributed by atoms with Gasteiger partial charge in [0.05, 0.1) is 11.0 Å². The van der Waals surface area contributed by atoms with E-state index in [9.17, 15) is 0 Å². The zero-order valence-electron chi connectivity index (χ0n) is 13.6. The lowest BCUT2D eigenvalue weighted by Crippen LogP contribution is -2.46. The van der Waals surface area contributed by atoms with E-state index in [0.29, 0.717) is 5.92 Å². The van der Waals surface area contributed by atoms with Crippen molar-refractivity contribution in [1.29, 1.82) is 0 Å². The van der Waals surface area contributed by atoms with E-state index in [2.05, 4.69) is 57.3 Å². The second kappa shape index (κ2) is 6.60. The molecule has 8 heteroatoms. The van der Waals surface area contributed by atoms with Gasteiger partial charge in [-0.1, -0.05) is 0 Å². The van der Waals surface area contributed by atoms with Gasteiger partial charge in [0.1, 0.15) is 12.2 Å². The van der Waals surface area contributed by atoms with Crippen LogP contribution in [-0.2, 0) is 6.54 Å². The normalized spacial score (nSPS) is 26.7. The molecule has 0 spiro atoms. The highest BCUT2D eigenvalue weighted by molar-refractivity contribution is 9.10. The number of hydrazine groups is 1. The van der Waals surface area contributed by atoms with Gasteiger partial charge in [0.25, 0.3) is 0 Å². The number of aliphatic imine (C=N–C) groups is 2. The smallest absolute Gasteiger partial charge is 0.235 e. The summed E-state index contributed by atoms with van der Waals surface area (Å²) in [6.45, 7) is 4.92. The molecule has 126 valence electrons. The number of fused-ring (bicyclic) bond motifs is 1. The lowest BCUT2D eigenvalue weighted by molar-refractivity contribution is 0.140. The summed E-state index contributed by atoms with van der Waals surface area (Å²) in [4.78, 5) is 20.2. The number of piperidine rings is 1. The number of hydrogen-bond acceptors (Lipinski definition) is 7. The molecule has 0 aliphatic carbocycles. The van der Waals surface area contributed by atoms with Gasteiger partial charge in [0.2, 0.25) is 6.29 Å². The molecule has 7 nitrogen and oxygen atoms in total. The Labute approximate surface area is 149 Å². The fourth-order valence-electron chi connectivity index (χ4n) is 3.47. The topological polar surface area (TPSA) is 69.0 Å². The fourth-order valence-corrected chi connectivity index (χ4v) is 3.68. The number of rotatable bonds is 3. The monoisotopic (exact) mass is 389 g/mol. The van der Waals surface area contributed by atoms with E-state index in [0.717, 1.165) is 35.6 Å². The third-order valence-corrected chi connectivity index (χ3v) is 4.96. The highest BCUT2D eigenvalue weighted by Gasteiger charge is 2.33. The van der Waals surface area contributed by atoms with Crippen LogP contribution in [0.2, 0.25) is 0 Å². The molecule has 1 aromatic rings. The van der Waals surface area contributed by atoms with Crippen molar-refractivity contribution in [3.05, 3.63) is 34.5 Å². The van der Waals surface area contributed by atoms with Gasteiger partial charge in [-0.3, -0.25) is 10.3 Å². The minimum Gasteiger partial charge on any atom is -0.295 e. The van der Waals surface area contributed by atoms with Crippen LogP contribution in [0.25, 0.3) is 0 Å². The number of nitrogens with zero attached hydrogens (tertiary/aromatic N) is 6. The molecule has 0 bridgehead atoms. The molecule has 0 amide bonds. The summed E-state index contributed by atoms with van der Waals surface area (Å²) < 4.78 is 0.913. The molecule has 24 heavy (non-hydrogen) atoms. The quantitative estimate of drug-likeness (QED) is 0.855. The van der Waals surface area contributed by atoms with E-state index in [-0.39, 0.29) is 6.29 Å². The van der Waals surface area contributed by atoms with Crippen LogP contribution in [-0.4, -0.2) is 51.3 Å². The van der Waals surface area contributed by atoms with Crippen LogP contribution in [0.1, 0.15) is 25.6 Å². The number of aromatic nitrogens is 2. The van der Waals surface area contributed by atoms with Crippen molar-refractivity contribution in [2.24, 2.45) is 15.9 Å². The van der Waals surface area contributed by atoms with Gasteiger partial charge in [-0.25, -0.2) is 25.0 Å². The maximum absolute atomic E-state index is 4.55. The Balaban J connectivity index is 1.46. The Morgan fingerprint density at radius 1 is 1.33 bits per heavy atom. The molecular formula is C16H20BrN7. The van der Waals surface area contributed by atoms with E-state index in [1.165, 1.54) is 18.5 Å². The molecule has 0 aromatic carbocycles. The van der Waals surface area contributed by atoms with Crippen LogP contribution >= 0.6 is 15.9 Å². The molecule has 2 atom stereocenters. The van der Waals surface area contributed by atoms with Crippen molar-refractivity contribution in [1.82, 2.24) is 25.3 Å². The predicted octanol–water partition coefficient (Wildman–Crippen LogP) is 1.94. The number of halogens is 1. The predicted molar refractivity (Wildman–Crippen MR) is 96.2 cm³/mol. The standard InChI is InChI=1S/C16H20BrN7/c1-11-5-14(24-16(22-11)20-10-21-24)12-3-2-4-23(8-12)9-15-18-6-13(17)7-19-15/h5-7,10,12,16H,2-4,8-9H2,1H3,(H,20,21). The van der Waals surface area contributed by atoms with E-state index < -0.39 is 0 Å². The summed E-state index contributed by atoms with van der Waals surface area (Å²) in [5.41, 5.74) is 5.54. The van der Waals surface area contributed by atoms with Gasteiger partial charge in [-0.2, -0.15) is 0 Å². The van der Waals surface area contributed by atoms with Crippen LogP contribution in [0.3, 0.4) is 0 Å². The summed E-state index contributed by atoms with van der Waals surface area (Å²) in [5.74, 6) is 1.34. The van der Waals surface area contributed by atoms with Crippen molar-refractivity contribution in [3.8, 4) is 0 Å². The second-order valence-electron chi connectivity index (χ2n) is 6.36. The van der Waals surface area contributed by atoms with Crippen LogP contribution in [0.4, 0.5) is 0 Å². The molecule has 0 radical (unpaired) electrons. The van der Waals surface area contributed by atoms with Gasteiger partial charge < -0.3 is 0 Å². The maximum Gasteiger partial charge on any atom is 0.235 e. The lowest BCUT2D eigenvalue weighted by atomic mass is 9.93. The van der Waals surface area contributed by atoms with E-state index in [1.807, 2.05) is 19.3 Å². The molecule has 1 saturated heterocycles. The van der Waals surface area contributed by atoms with Crippen LogP contribution in [0.15, 0.2) is 38.6 Å². The largest absolute Gasteiger partial charge is 0.295 e. The van der Waals surface area contributed by atoms with Crippen LogP contribution < -0.4 is 5.43 Å². The summed E-state index contributed by atoms with van der Waals surface area (Å²) in [5, 5.41) is 2.08. The van der Waals surface area contributed by atoms with Crippen molar-refractivity contribution in [3.63, 3.8) is 0 Å². The van der Waals surface area contributed by atoms with E-state index >= 15 is 0 Å². The third kappa shape index (κ3) is 3.21. The number of nitrogens with one attached hydrogen (secondary N) is 1. The molecule has 3 aliphatic heterocycles. The Kier molecular flexibility index (Phi) is 4.32. The first-order valence-electron chi connectivity index (χ1n) is 8.21. The number of likely N-dealkylation sites (tertiary alicyclic amines) is 1. The Bertz CT molecular complexity index is 697. The van der Waals surface area contributed by atoms with Crippen molar-refractivity contribution in [2.75, 3.05) is 13.1 Å². The molecule has 1 fully saturated rings. The van der Waals surface area contributed by atoms with Gasteiger partial charge in [0, 0.05) is 36.3 Å². The first kappa shape index (κ1) is 15.7. The van der Waals surface area contributed by atoms with Crippen LogP contribution in [0, 0.1) is 5.92 Å². The molecule has 2 unspecified atom stereocenters. The third-order valence-electron chi connectivity index (χ3n) is 4.55. The summed E-state index contributed by atoms with van der Waals surface area (Å²) in [6, 6.07) is 0. The van der Waals surface area contributed by atoms with Crippen molar-refractivity contribution < 1.29 is 0 Å². The Hall–Kier alpha value is -1.80. The second-order valence-corrected chi connectivity index (χ2v) is 7.27. The first-order valence-corrected chi connectivity index (χ1v) is 9.00. The summed E-state index contributed by atoms with van der Waals surface area (Å²) >= 11 is 3.38. The van der Waals surface area contributed by atoms with Gasteiger partial charge in [-0.15, -0.1) is 0 Å². The summed E-state index contributed by atoms with van der Waals surface area (Å²) in [6.07, 6.45) is 9.75. The average molecular weight is 390 g/mol. The Morgan fingerprint density at radius 3 is 3.00 bits per heavy atom. The number of hydrogen-bond donors (Lipinski definition) is 1. The highest BCUT2D eigenvalue weighted by Crippen LogP contribution is 2.30. The van der Waals surface area contributed by atoms with Crippen LogP contribution in [0.5, 0.6) is 0 Å². The molecule has 4 heterocycles. The average Bonchev–Trinajstić information content (AvgIpc) is 3.05. The van der Waals surface area contributed by atoms with Crippen molar-refractivity contribution >= 4 is 28.0 Å².